The quantitative estimate of drug-likeness (QED) is 0.664. The molecule has 12 heavy (non-hydrogen) atoms. The van der Waals surface area contributed by atoms with Crippen molar-refractivity contribution in [1.29, 1.82) is 0 Å². The van der Waals surface area contributed by atoms with Gasteiger partial charge in [0.15, 0.2) is 0 Å². The third kappa shape index (κ3) is 4.88. The third-order valence-electron chi connectivity index (χ3n) is 1.46. The highest BCUT2D eigenvalue weighted by Gasteiger charge is 2.24. The Morgan fingerprint density at radius 1 is 1.33 bits per heavy atom. The van der Waals surface area contributed by atoms with Gasteiger partial charge in [-0.3, -0.25) is 15.6 Å². The van der Waals surface area contributed by atoms with Crippen LogP contribution in [0, 0.1) is 5.41 Å². The van der Waals surface area contributed by atoms with E-state index in [1.807, 2.05) is 6.92 Å². The van der Waals surface area contributed by atoms with Crippen molar-refractivity contribution in [2.24, 2.45) is 16.4 Å². The second kappa shape index (κ2) is 3.88. The van der Waals surface area contributed by atoms with Crippen LogP contribution in [0.1, 0.15) is 27.7 Å². The molecule has 74 valence electrons. The Bertz CT molecular complexity index is 182. The lowest BCUT2D eigenvalue weighted by Gasteiger charge is -2.30. The first-order valence-electron chi connectivity index (χ1n) is 4.09. The van der Waals surface area contributed by atoms with Crippen LogP contribution in [0.4, 0.5) is 0 Å². The van der Waals surface area contributed by atoms with Crippen LogP contribution in [0.2, 0.25) is 0 Å². The molecule has 5 heteroatoms. The first-order chi connectivity index (χ1) is 5.17. The highest BCUT2D eigenvalue weighted by atomic mass is 31.2. The van der Waals surface area contributed by atoms with Crippen molar-refractivity contribution < 1.29 is 4.57 Å². The number of hydrogen-bond acceptors (Lipinski definition) is 1. The normalized spacial score (nSPS) is 13.9. The highest BCUT2D eigenvalue weighted by molar-refractivity contribution is 7.56. The first kappa shape index (κ1) is 12.1. The van der Waals surface area contributed by atoms with Gasteiger partial charge >= 0.3 is 0 Å². The molecule has 0 spiro atoms. The molecule has 0 heterocycles. The molecule has 0 aromatic carbocycles. The Balaban J connectivity index is 4.30. The number of hydrogen-bond donors (Lipinski definition) is 2. The fraction of sp³-hybridized carbons (Fsp3) is 1.00. The second-order valence-corrected chi connectivity index (χ2v) is 6.12. The van der Waals surface area contributed by atoms with Gasteiger partial charge in [-0.2, -0.15) is 0 Å². The van der Waals surface area contributed by atoms with Crippen LogP contribution in [0.15, 0.2) is 0 Å². The van der Waals surface area contributed by atoms with Gasteiger partial charge in [0, 0.05) is 13.1 Å². The zero-order valence-corrected chi connectivity index (χ0v) is 9.27. The van der Waals surface area contributed by atoms with E-state index in [1.165, 1.54) is 0 Å². The van der Waals surface area contributed by atoms with Crippen LogP contribution < -0.4 is 11.0 Å². The molecule has 0 aliphatic heterocycles. The maximum absolute atomic E-state index is 11.3. The van der Waals surface area contributed by atoms with Gasteiger partial charge in [0.2, 0.25) is 0 Å². The molecule has 0 rings (SSSR count). The van der Waals surface area contributed by atoms with Gasteiger partial charge in [0.25, 0.3) is 7.59 Å². The Kier molecular flexibility index (Phi) is 3.91. The third-order valence-corrected chi connectivity index (χ3v) is 2.77. The molecule has 0 amide bonds. The molecule has 4 N–H and O–H groups in total. The molecule has 0 saturated heterocycles. The zero-order chi connectivity index (χ0) is 9.99. The van der Waals surface area contributed by atoms with Crippen LogP contribution in [0.25, 0.3) is 0 Å². The summed E-state index contributed by atoms with van der Waals surface area (Å²) in [6, 6.07) is 0. The topological polar surface area (TPSA) is 72.3 Å². The molecule has 4 nitrogen and oxygen atoms in total. The van der Waals surface area contributed by atoms with Crippen molar-refractivity contribution in [2.75, 3.05) is 13.1 Å². The standard InChI is InChI=1S/C7H20N3OP/c1-5-10(12(8,9)11)6-7(2,3)4/h5-6H2,1-4H3,(H4,8,9,11). The summed E-state index contributed by atoms with van der Waals surface area (Å²) in [7, 11) is -3.04. The summed E-state index contributed by atoms with van der Waals surface area (Å²) in [5.74, 6) is 0. The van der Waals surface area contributed by atoms with E-state index >= 15 is 0 Å². The predicted molar refractivity (Wildman–Crippen MR) is 52.7 cm³/mol. The average Bonchev–Trinajstić information content (AvgIpc) is 1.78. The van der Waals surface area contributed by atoms with E-state index in [2.05, 4.69) is 20.8 Å². The first-order valence-corrected chi connectivity index (χ1v) is 5.89. The fourth-order valence-electron chi connectivity index (χ4n) is 0.991. The van der Waals surface area contributed by atoms with Crippen molar-refractivity contribution in [3.05, 3.63) is 0 Å². The lowest BCUT2D eigenvalue weighted by Crippen LogP contribution is -2.35. The van der Waals surface area contributed by atoms with E-state index in [0.29, 0.717) is 13.1 Å². The van der Waals surface area contributed by atoms with E-state index in [-0.39, 0.29) is 5.41 Å². The molecule has 0 aliphatic rings. The molecule has 0 aromatic rings. The predicted octanol–water partition coefficient (Wildman–Crippen LogP) is 1.38. The molecule has 0 unspecified atom stereocenters. The van der Waals surface area contributed by atoms with Crippen LogP contribution >= 0.6 is 7.59 Å². The summed E-state index contributed by atoms with van der Waals surface area (Å²) in [6.45, 7) is 9.37. The number of rotatable bonds is 3. The maximum Gasteiger partial charge on any atom is 0.276 e. The Labute approximate surface area is 74.8 Å². The molecule has 0 aliphatic carbocycles. The number of nitrogens with two attached hydrogens (primary N) is 2. The summed E-state index contributed by atoms with van der Waals surface area (Å²) in [4.78, 5) is 0. The van der Waals surface area contributed by atoms with E-state index < -0.39 is 7.59 Å². The monoisotopic (exact) mass is 193 g/mol. The van der Waals surface area contributed by atoms with E-state index in [4.69, 9.17) is 11.0 Å². The van der Waals surface area contributed by atoms with Gasteiger partial charge in [-0.1, -0.05) is 27.7 Å². The molecule has 0 saturated carbocycles. The lowest BCUT2D eigenvalue weighted by molar-refractivity contribution is 0.287. The van der Waals surface area contributed by atoms with Gasteiger partial charge in [-0.25, -0.2) is 4.67 Å². The largest absolute Gasteiger partial charge is 0.276 e. The Morgan fingerprint density at radius 3 is 1.83 bits per heavy atom. The number of nitrogens with zero attached hydrogens (tertiary/aromatic N) is 1. The Morgan fingerprint density at radius 2 is 1.75 bits per heavy atom. The van der Waals surface area contributed by atoms with Crippen LogP contribution in [0.5, 0.6) is 0 Å². The van der Waals surface area contributed by atoms with Crippen LogP contribution in [-0.2, 0) is 4.57 Å². The second-order valence-electron chi connectivity index (χ2n) is 4.21. The summed E-state index contributed by atoms with van der Waals surface area (Å²) >= 11 is 0. The average molecular weight is 193 g/mol. The van der Waals surface area contributed by atoms with Gasteiger partial charge in [-0.05, 0) is 5.41 Å². The SMILES string of the molecule is CCN(CC(C)(C)C)P(N)(N)=O. The van der Waals surface area contributed by atoms with Crippen molar-refractivity contribution >= 4 is 7.59 Å². The van der Waals surface area contributed by atoms with Crippen LogP contribution in [0.3, 0.4) is 0 Å². The summed E-state index contributed by atoms with van der Waals surface area (Å²) in [5, 5.41) is 0. The zero-order valence-electron chi connectivity index (χ0n) is 8.37. The minimum absolute atomic E-state index is 0.0738. The van der Waals surface area contributed by atoms with E-state index in [1.54, 1.807) is 4.67 Å². The fourth-order valence-corrected chi connectivity index (χ4v) is 2.08. The van der Waals surface area contributed by atoms with E-state index in [9.17, 15) is 4.57 Å². The van der Waals surface area contributed by atoms with Gasteiger partial charge in [0.1, 0.15) is 0 Å². The molecule has 0 fully saturated rings. The lowest BCUT2D eigenvalue weighted by atomic mass is 9.97. The molecule has 0 aromatic heterocycles. The Hall–Kier alpha value is 0.110. The van der Waals surface area contributed by atoms with Crippen molar-refractivity contribution in [1.82, 2.24) is 4.67 Å². The van der Waals surface area contributed by atoms with E-state index in [0.717, 1.165) is 0 Å². The maximum atomic E-state index is 11.3. The minimum Gasteiger partial charge on any atom is -0.271 e. The molecule has 0 bridgehead atoms. The minimum atomic E-state index is -3.04. The van der Waals surface area contributed by atoms with Gasteiger partial charge < -0.3 is 0 Å². The molecule has 0 atom stereocenters. The van der Waals surface area contributed by atoms with Gasteiger partial charge in [0.05, 0.1) is 0 Å². The van der Waals surface area contributed by atoms with Gasteiger partial charge in [-0.15, -0.1) is 0 Å². The van der Waals surface area contributed by atoms with Crippen molar-refractivity contribution in [3.63, 3.8) is 0 Å². The summed E-state index contributed by atoms with van der Waals surface area (Å²) < 4.78 is 12.9. The summed E-state index contributed by atoms with van der Waals surface area (Å²) in [6.07, 6.45) is 0. The molecular weight excluding hydrogens is 173 g/mol. The van der Waals surface area contributed by atoms with Crippen LogP contribution in [-0.4, -0.2) is 17.8 Å². The smallest absolute Gasteiger partial charge is 0.271 e. The molecule has 0 radical (unpaired) electrons. The summed E-state index contributed by atoms with van der Waals surface area (Å²) in [5.41, 5.74) is 10.8. The van der Waals surface area contributed by atoms with Crippen molar-refractivity contribution in [2.45, 2.75) is 27.7 Å². The molecular formula is C7H20N3OP. The highest BCUT2D eigenvalue weighted by Crippen LogP contribution is 2.34. The van der Waals surface area contributed by atoms with Crippen molar-refractivity contribution in [3.8, 4) is 0 Å².